The van der Waals surface area contributed by atoms with Crippen LogP contribution in [0.2, 0.25) is 0 Å². The molecule has 0 aromatic heterocycles. The highest BCUT2D eigenvalue weighted by Crippen LogP contribution is 2.14. The Morgan fingerprint density at radius 1 is 0.346 bits per heavy atom. The van der Waals surface area contributed by atoms with Gasteiger partial charge in [-0.1, -0.05) is 110 Å². The van der Waals surface area contributed by atoms with E-state index in [9.17, 15) is 0 Å². The van der Waals surface area contributed by atoms with E-state index in [1.165, 1.54) is 140 Å². The quantitative estimate of drug-likeness (QED) is 0.141. The largest absolute Gasteiger partial charge is 0.328 e. The fourth-order valence-electron chi connectivity index (χ4n) is 3.99. The van der Waals surface area contributed by atoms with Gasteiger partial charge in [0, 0.05) is 0 Å². The molecule has 1 nitrogen and oxygen atoms in total. The summed E-state index contributed by atoms with van der Waals surface area (Å²) in [6.45, 7) is 7.35. The number of nitrogens with zero attached hydrogens (tertiary/aromatic N) is 1. The number of hydrogen-bond donors (Lipinski definition) is 0. The maximum Gasteiger partial charge on any atom is 0.0782 e. The average molecular weight is 369 g/mol. The third-order valence-electron chi connectivity index (χ3n) is 5.98. The zero-order chi connectivity index (χ0) is 19.3. The molecule has 0 amide bonds. The van der Waals surface area contributed by atoms with E-state index >= 15 is 0 Å². The Morgan fingerprint density at radius 3 is 0.923 bits per heavy atom. The summed E-state index contributed by atoms with van der Waals surface area (Å²) in [5.74, 6) is 0. The van der Waals surface area contributed by atoms with Crippen molar-refractivity contribution in [2.24, 2.45) is 0 Å². The molecule has 0 aliphatic rings. The number of hydrogen-bond acceptors (Lipinski definition) is 0. The van der Waals surface area contributed by atoms with Crippen LogP contribution in [0.1, 0.15) is 136 Å². The first kappa shape index (κ1) is 26.0. The number of quaternary nitrogens is 1. The Balaban J connectivity index is 3.17. The standard InChI is InChI=1S/C25H54N/c1-5-7-9-10-11-12-13-14-15-16-17-18-19-20-21-23-25-26(3,4)24-22-8-6-2/h5-25H2,1-4H3/q+1. The Labute approximate surface area is 167 Å². The van der Waals surface area contributed by atoms with Gasteiger partial charge in [-0.25, -0.2) is 0 Å². The molecule has 0 aromatic rings. The normalized spacial score (nSPS) is 12.0. The van der Waals surface area contributed by atoms with Crippen molar-refractivity contribution < 1.29 is 4.48 Å². The molecule has 0 heterocycles. The highest BCUT2D eigenvalue weighted by molar-refractivity contribution is 4.50. The molecule has 0 saturated heterocycles. The Hall–Kier alpha value is -0.0400. The van der Waals surface area contributed by atoms with Crippen LogP contribution in [-0.4, -0.2) is 31.7 Å². The zero-order valence-corrected chi connectivity index (χ0v) is 19.3. The van der Waals surface area contributed by atoms with Gasteiger partial charge in [-0.3, -0.25) is 0 Å². The summed E-state index contributed by atoms with van der Waals surface area (Å²) in [5.41, 5.74) is 0. The van der Waals surface area contributed by atoms with Gasteiger partial charge < -0.3 is 4.48 Å². The van der Waals surface area contributed by atoms with Crippen molar-refractivity contribution in [1.82, 2.24) is 0 Å². The van der Waals surface area contributed by atoms with E-state index < -0.39 is 0 Å². The maximum atomic E-state index is 2.42. The third kappa shape index (κ3) is 20.3. The number of unbranched alkanes of at least 4 members (excludes halogenated alkanes) is 17. The Bertz CT molecular complexity index is 259. The Kier molecular flexibility index (Phi) is 19.7. The van der Waals surface area contributed by atoms with Crippen molar-refractivity contribution in [1.29, 1.82) is 0 Å². The lowest BCUT2D eigenvalue weighted by molar-refractivity contribution is -0.890. The minimum Gasteiger partial charge on any atom is -0.328 e. The van der Waals surface area contributed by atoms with Crippen LogP contribution in [0.3, 0.4) is 0 Å². The van der Waals surface area contributed by atoms with Crippen molar-refractivity contribution in [2.75, 3.05) is 27.2 Å². The summed E-state index contributed by atoms with van der Waals surface area (Å²) < 4.78 is 1.23. The van der Waals surface area contributed by atoms with Gasteiger partial charge in [0.25, 0.3) is 0 Å². The lowest BCUT2D eigenvalue weighted by atomic mass is 10.0. The van der Waals surface area contributed by atoms with Crippen molar-refractivity contribution >= 4 is 0 Å². The molecule has 0 aliphatic heterocycles. The van der Waals surface area contributed by atoms with Crippen LogP contribution in [0.25, 0.3) is 0 Å². The highest BCUT2D eigenvalue weighted by Gasteiger charge is 2.13. The van der Waals surface area contributed by atoms with Crippen LogP contribution in [-0.2, 0) is 0 Å². The molecule has 0 rings (SSSR count). The summed E-state index contributed by atoms with van der Waals surface area (Å²) in [6.07, 6.45) is 27.6. The van der Waals surface area contributed by atoms with Crippen LogP contribution in [0.4, 0.5) is 0 Å². The minimum absolute atomic E-state index is 1.23. The van der Waals surface area contributed by atoms with Gasteiger partial charge in [-0.15, -0.1) is 0 Å². The molecule has 0 unspecified atom stereocenters. The minimum atomic E-state index is 1.23. The zero-order valence-electron chi connectivity index (χ0n) is 19.3. The van der Waals surface area contributed by atoms with E-state index in [-0.39, 0.29) is 0 Å². The second kappa shape index (κ2) is 19.7. The van der Waals surface area contributed by atoms with Crippen LogP contribution in [0, 0.1) is 0 Å². The molecule has 1 heteroatoms. The third-order valence-corrected chi connectivity index (χ3v) is 5.98. The smallest absolute Gasteiger partial charge is 0.0782 e. The summed E-state index contributed by atoms with van der Waals surface area (Å²) in [4.78, 5) is 0. The monoisotopic (exact) mass is 368 g/mol. The molecule has 0 aliphatic carbocycles. The van der Waals surface area contributed by atoms with Gasteiger partial charge in [0.1, 0.15) is 0 Å². The molecule has 26 heavy (non-hydrogen) atoms. The average Bonchev–Trinajstić information content (AvgIpc) is 2.61. The fraction of sp³-hybridized carbons (Fsp3) is 1.00. The first-order valence-electron chi connectivity index (χ1n) is 12.4. The van der Waals surface area contributed by atoms with Crippen molar-refractivity contribution in [3.8, 4) is 0 Å². The van der Waals surface area contributed by atoms with Gasteiger partial charge in [0.05, 0.1) is 27.2 Å². The van der Waals surface area contributed by atoms with E-state index in [1.807, 2.05) is 0 Å². The maximum absolute atomic E-state index is 2.42. The summed E-state index contributed by atoms with van der Waals surface area (Å²) >= 11 is 0. The molecule has 0 atom stereocenters. The molecule has 0 fully saturated rings. The molecule has 0 spiro atoms. The molecular formula is C25H54N+. The Morgan fingerprint density at radius 2 is 0.577 bits per heavy atom. The second-order valence-corrected chi connectivity index (χ2v) is 9.39. The van der Waals surface area contributed by atoms with Gasteiger partial charge in [-0.05, 0) is 25.7 Å². The van der Waals surface area contributed by atoms with Crippen molar-refractivity contribution in [3.05, 3.63) is 0 Å². The topological polar surface area (TPSA) is 0 Å². The molecule has 0 radical (unpaired) electrons. The van der Waals surface area contributed by atoms with Crippen LogP contribution < -0.4 is 0 Å². The van der Waals surface area contributed by atoms with Crippen LogP contribution in [0.5, 0.6) is 0 Å². The predicted molar refractivity (Wildman–Crippen MR) is 121 cm³/mol. The molecular weight excluding hydrogens is 314 g/mol. The number of rotatable bonds is 21. The van der Waals surface area contributed by atoms with E-state index in [2.05, 4.69) is 27.9 Å². The van der Waals surface area contributed by atoms with E-state index in [1.54, 1.807) is 0 Å². The highest BCUT2D eigenvalue weighted by atomic mass is 15.3. The first-order chi connectivity index (χ1) is 12.6. The van der Waals surface area contributed by atoms with Gasteiger partial charge >= 0.3 is 0 Å². The summed E-state index contributed by atoms with van der Waals surface area (Å²) in [6, 6.07) is 0. The molecule has 158 valence electrons. The van der Waals surface area contributed by atoms with Crippen LogP contribution in [0.15, 0.2) is 0 Å². The lowest BCUT2D eigenvalue weighted by Crippen LogP contribution is -2.41. The van der Waals surface area contributed by atoms with Gasteiger partial charge in [0.2, 0.25) is 0 Å². The molecule has 0 aromatic carbocycles. The van der Waals surface area contributed by atoms with E-state index in [0.29, 0.717) is 0 Å². The lowest BCUT2D eigenvalue weighted by Gasteiger charge is -2.29. The predicted octanol–water partition coefficient (Wildman–Crippen LogP) is 8.51. The second-order valence-electron chi connectivity index (χ2n) is 9.39. The molecule has 0 saturated carbocycles. The fourth-order valence-corrected chi connectivity index (χ4v) is 3.99. The van der Waals surface area contributed by atoms with Gasteiger partial charge in [0.15, 0.2) is 0 Å². The van der Waals surface area contributed by atoms with Crippen molar-refractivity contribution in [2.45, 2.75) is 136 Å². The van der Waals surface area contributed by atoms with Crippen LogP contribution >= 0.6 is 0 Å². The summed E-state index contributed by atoms with van der Waals surface area (Å²) in [5, 5.41) is 0. The molecule has 0 N–H and O–H groups in total. The van der Waals surface area contributed by atoms with Crippen molar-refractivity contribution in [3.63, 3.8) is 0 Å². The SMILES string of the molecule is CCCCCCCCCCCCCCCCCC[N+](C)(C)CCCCC. The first-order valence-corrected chi connectivity index (χ1v) is 12.4. The summed E-state index contributed by atoms with van der Waals surface area (Å²) in [7, 11) is 4.84. The van der Waals surface area contributed by atoms with E-state index in [4.69, 9.17) is 0 Å². The molecule has 0 bridgehead atoms. The van der Waals surface area contributed by atoms with E-state index in [0.717, 1.165) is 0 Å². The van der Waals surface area contributed by atoms with Gasteiger partial charge in [-0.2, -0.15) is 0 Å².